The maximum atomic E-state index is 13.5. The van der Waals surface area contributed by atoms with E-state index in [1.54, 1.807) is 6.07 Å². The van der Waals surface area contributed by atoms with E-state index in [0.29, 0.717) is 11.6 Å². The van der Waals surface area contributed by atoms with Gasteiger partial charge in [0.1, 0.15) is 11.6 Å². The number of pyridine rings is 1. The third-order valence-corrected chi connectivity index (χ3v) is 6.21. The predicted molar refractivity (Wildman–Crippen MR) is 129 cm³/mol. The smallest absolute Gasteiger partial charge is 0.314 e. The Balaban J connectivity index is 1.35. The van der Waals surface area contributed by atoms with Gasteiger partial charge in [-0.05, 0) is 55.0 Å². The molecule has 0 bridgehead atoms. The highest BCUT2D eigenvalue weighted by atomic mass is 19.4. The second-order valence-corrected chi connectivity index (χ2v) is 8.80. The quantitative estimate of drug-likeness (QED) is 0.393. The third kappa shape index (κ3) is 5.30. The number of fused-ring (bicyclic) bond motifs is 1. The molecule has 1 saturated heterocycles. The van der Waals surface area contributed by atoms with Gasteiger partial charge in [0.25, 0.3) is 5.91 Å². The summed E-state index contributed by atoms with van der Waals surface area (Å²) >= 11 is 0. The fourth-order valence-electron chi connectivity index (χ4n) is 4.33. The van der Waals surface area contributed by atoms with Crippen LogP contribution in [0.1, 0.15) is 27.3 Å². The number of carbonyl (C=O) groups is 1. The van der Waals surface area contributed by atoms with Gasteiger partial charge in [0, 0.05) is 38.1 Å². The maximum absolute atomic E-state index is 13.5. The highest BCUT2D eigenvalue weighted by Gasteiger charge is 2.35. The van der Waals surface area contributed by atoms with Crippen LogP contribution in [0, 0.1) is 12.7 Å². The Bertz CT molecular complexity index is 1460. The average molecular weight is 513 g/mol. The Morgan fingerprint density at radius 1 is 1.08 bits per heavy atom. The van der Waals surface area contributed by atoms with E-state index in [9.17, 15) is 22.4 Å². The number of halogens is 4. The number of nitrogens with one attached hydrogen (secondary N) is 2. The summed E-state index contributed by atoms with van der Waals surface area (Å²) in [5.41, 5.74) is 0.0830. The van der Waals surface area contributed by atoms with Crippen LogP contribution in [0.5, 0.6) is 0 Å². The van der Waals surface area contributed by atoms with Crippen LogP contribution in [0.25, 0.3) is 16.6 Å². The number of aromatic nitrogens is 4. The summed E-state index contributed by atoms with van der Waals surface area (Å²) in [6.45, 7) is 6.17. The molecule has 1 aliphatic heterocycles. The summed E-state index contributed by atoms with van der Waals surface area (Å²) in [6.07, 6.45) is -4.82. The number of hydrogen-bond donors (Lipinski definition) is 2. The molecule has 1 fully saturated rings. The number of alkyl halides is 3. The van der Waals surface area contributed by atoms with E-state index in [-0.39, 0.29) is 17.2 Å². The van der Waals surface area contributed by atoms with Crippen LogP contribution < -0.4 is 10.6 Å². The van der Waals surface area contributed by atoms with Gasteiger partial charge in [0.2, 0.25) is 0 Å². The Hall–Kier alpha value is -3.90. The van der Waals surface area contributed by atoms with Crippen molar-refractivity contribution in [2.45, 2.75) is 19.6 Å². The minimum atomic E-state index is -4.82. The highest BCUT2D eigenvalue weighted by molar-refractivity contribution is 6.03. The monoisotopic (exact) mass is 513 g/mol. The summed E-state index contributed by atoms with van der Waals surface area (Å²) in [4.78, 5) is 19.7. The molecule has 2 aromatic heterocycles. The fraction of sp³-hybridized carbons (Fsp3) is 0.280. The number of anilines is 1. The van der Waals surface area contributed by atoms with E-state index in [0.717, 1.165) is 54.9 Å². The first kappa shape index (κ1) is 24.8. The van der Waals surface area contributed by atoms with Crippen molar-refractivity contribution >= 4 is 22.6 Å². The van der Waals surface area contributed by atoms with Gasteiger partial charge in [0.15, 0.2) is 5.69 Å². The highest BCUT2D eigenvalue weighted by Crippen LogP contribution is 2.34. The minimum Gasteiger partial charge on any atom is -0.314 e. The number of piperazine rings is 1. The van der Waals surface area contributed by atoms with E-state index in [1.807, 2.05) is 18.2 Å². The lowest BCUT2D eigenvalue weighted by atomic mass is 10.1. The zero-order valence-corrected chi connectivity index (χ0v) is 19.8. The molecule has 37 heavy (non-hydrogen) atoms. The number of benzene rings is 2. The van der Waals surface area contributed by atoms with E-state index in [1.165, 1.54) is 12.5 Å². The molecule has 1 aliphatic rings. The first-order valence-corrected chi connectivity index (χ1v) is 11.6. The lowest BCUT2D eigenvalue weighted by Crippen LogP contribution is -2.42. The van der Waals surface area contributed by atoms with Crippen molar-refractivity contribution in [2.24, 2.45) is 0 Å². The Labute approximate surface area is 209 Å². The van der Waals surface area contributed by atoms with Crippen LogP contribution in [0.2, 0.25) is 0 Å². The van der Waals surface area contributed by atoms with Gasteiger partial charge in [-0.2, -0.15) is 13.2 Å². The molecule has 0 unspecified atom stereocenters. The number of carbonyl (C=O) groups excluding carboxylic acids is 1. The zero-order chi connectivity index (χ0) is 26.2. The first-order valence-electron chi connectivity index (χ1n) is 11.6. The Morgan fingerprint density at radius 2 is 1.86 bits per heavy atom. The van der Waals surface area contributed by atoms with Crippen LogP contribution >= 0.6 is 0 Å². The van der Waals surface area contributed by atoms with Crippen LogP contribution in [0.4, 0.5) is 23.4 Å². The van der Waals surface area contributed by atoms with Crippen molar-refractivity contribution in [3.63, 3.8) is 0 Å². The maximum Gasteiger partial charge on any atom is 0.418 e. The van der Waals surface area contributed by atoms with Gasteiger partial charge < -0.3 is 10.6 Å². The summed E-state index contributed by atoms with van der Waals surface area (Å²) < 4.78 is 54.7. The summed E-state index contributed by atoms with van der Waals surface area (Å²) in [7, 11) is 0. The van der Waals surface area contributed by atoms with Gasteiger partial charge in [-0.1, -0.05) is 11.3 Å². The second-order valence-electron chi connectivity index (χ2n) is 8.80. The number of rotatable bonds is 5. The molecule has 3 heterocycles. The molecule has 4 aromatic rings. The van der Waals surface area contributed by atoms with Crippen molar-refractivity contribution in [3.05, 3.63) is 76.9 Å². The van der Waals surface area contributed by atoms with Crippen molar-refractivity contribution < 1.29 is 22.4 Å². The summed E-state index contributed by atoms with van der Waals surface area (Å²) in [5.74, 6) is -1.45. The van der Waals surface area contributed by atoms with Gasteiger partial charge in [-0.15, -0.1) is 5.10 Å². The van der Waals surface area contributed by atoms with Gasteiger partial charge in [-0.25, -0.2) is 14.1 Å². The lowest BCUT2D eigenvalue weighted by molar-refractivity contribution is -0.137. The van der Waals surface area contributed by atoms with Crippen LogP contribution in [-0.4, -0.2) is 57.0 Å². The van der Waals surface area contributed by atoms with E-state index < -0.39 is 29.2 Å². The van der Waals surface area contributed by atoms with E-state index in [4.69, 9.17) is 0 Å². The molecular weight excluding hydrogens is 490 g/mol. The van der Waals surface area contributed by atoms with Crippen LogP contribution in [-0.2, 0) is 12.7 Å². The largest absolute Gasteiger partial charge is 0.418 e. The molecule has 0 spiro atoms. The number of hydrogen-bond acceptors (Lipinski definition) is 6. The average Bonchev–Trinajstić information content (AvgIpc) is 3.25. The molecule has 0 saturated carbocycles. The molecule has 0 aliphatic carbocycles. The minimum absolute atomic E-state index is 0.0629. The van der Waals surface area contributed by atoms with Crippen LogP contribution in [0.15, 0.2) is 48.5 Å². The van der Waals surface area contributed by atoms with E-state index >= 15 is 0 Å². The molecule has 2 aromatic carbocycles. The van der Waals surface area contributed by atoms with Crippen molar-refractivity contribution in [3.8, 4) is 5.69 Å². The molecule has 0 radical (unpaired) electrons. The predicted octanol–water partition coefficient (Wildman–Crippen LogP) is 3.94. The molecule has 12 heteroatoms. The first-order chi connectivity index (χ1) is 17.7. The number of nitrogens with zero attached hydrogens (tertiary/aromatic N) is 5. The normalized spacial score (nSPS) is 14.7. The topological polar surface area (TPSA) is 88.0 Å². The van der Waals surface area contributed by atoms with Gasteiger partial charge >= 0.3 is 6.18 Å². The summed E-state index contributed by atoms with van der Waals surface area (Å²) in [5, 5.41) is 14.4. The van der Waals surface area contributed by atoms with E-state index in [2.05, 4.69) is 36.9 Å². The Kier molecular flexibility index (Phi) is 6.61. The Morgan fingerprint density at radius 3 is 2.62 bits per heavy atom. The molecule has 8 nitrogen and oxygen atoms in total. The standard InChI is InChI=1S/C25H23F4N7O/c1-15-23(33-34-36(15)21-6-4-18(26)13-19(21)25(27,28)29)24(37)32-22-7-3-17-12-16(2-5-20(17)31-22)14-35-10-8-30-9-11-35/h2-7,12-13,30H,8-11,14H2,1H3,(H,31,32,37). The molecule has 1 amide bonds. The van der Waals surface area contributed by atoms with Gasteiger partial charge in [-0.3, -0.25) is 9.69 Å². The fourth-order valence-corrected chi connectivity index (χ4v) is 4.33. The van der Waals surface area contributed by atoms with Crippen LogP contribution in [0.3, 0.4) is 0 Å². The summed E-state index contributed by atoms with van der Waals surface area (Å²) in [6, 6.07) is 11.7. The van der Waals surface area contributed by atoms with Crippen molar-refractivity contribution in [2.75, 3.05) is 31.5 Å². The molecule has 192 valence electrons. The lowest BCUT2D eigenvalue weighted by Gasteiger charge is -2.27. The SMILES string of the molecule is Cc1c(C(=O)Nc2ccc3cc(CN4CCNCC4)ccc3n2)nnn1-c1ccc(F)cc1C(F)(F)F. The molecule has 0 atom stereocenters. The van der Waals surface area contributed by atoms with Gasteiger partial charge in [0.05, 0.1) is 22.5 Å². The number of amides is 1. The molecular formula is C25H23F4N7O. The second kappa shape index (κ2) is 9.87. The third-order valence-electron chi connectivity index (χ3n) is 6.21. The van der Waals surface area contributed by atoms with Crippen molar-refractivity contribution in [1.82, 2.24) is 30.2 Å². The zero-order valence-electron chi connectivity index (χ0n) is 19.8. The molecule has 2 N–H and O–H groups in total. The molecule has 5 rings (SSSR count). The van der Waals surface area contributed by atoms with Crippen molar-refractivity contribution in [1.29, 1.82) is 0 Å².